The summed E-state index contributed by atoms with van der Waals surface area (Å²) in [4.78, 5) is 0. The van der Waals surface area contributed by atoms with Gasteiger partial charge >= 0.3 is 0 Å². The summed E-state index contributed by atoms with van der Waals surface area (Å²) in [7, 11) is 0. The number of aryl methyl sites for hydroxylation is 1. The molecule has 1 saturated carbocycles. The van der Waals surface area contributed by atoms with Crippen molar-refractivity contribution in [3.63, 3.8) is 0 Å². The van der Waals surface area contributed by atoms with Crippen LogP contribution in [0.1, 0.15) is 56.6 Å². The van der Waals surface area contributed by atoms with Crippen LogP contribution in [0.3, 0.4) is 0 Å². The number of rotatable bonds is 2. The van der Waals surface area contributed by atoms with Gasteiger partial charge in [-0.15, -0.1) is 0 Å². The van der Waals surface area contributed by atoms with E-state index in [2.05, 4.69) is 45.0 Å². The van der Waals surface area contributed by atoms with Crippen LogP contribution in [0.4, 0.5) is 0 Å². The van der Waals surface area contributed by atoms with Gasteiger partial charge in [-0.25, -0.2) is 0 Å². The van der Waals surface area contributed by atoms with E-state index in [1.807, 2.05) is 0 Å². The fraction of sp³-hybridized carbons (Fsp3) is 0.625. The van der Waals surface area contributed by atoms with Gasteiger partial charge in [0.25, 0.3) is 0 Å². The van der Waals surface area contributed by atoms with Crippen molar-refractivity contribution in [2.24, 2.45) is 11.8 Å². The molecule has 88 valence electrons. The molecule has 1 fully saturated rings. The molecule has 0 bridgehead atoms. The molecule has 1 aromatic carbocycles. The Balaban J connectivity index is 2.12. The Bertz CT molecular complexity index is 340. The maximum atomic E-state index is 2.42. The Labute approximate surface area is 100 Å². The van der Waals surface area contributed by atoms with Crippen LogP contribution in [-0.4, -0.2) is 0 Å². The standard InChI is InChI=1S/C16H24/c1-12-7-6-9-15(11-12)14(3)16-10-5-4-8-13(16)2/h4-5,8,10,12,14-15H,6-7,9,11H2,1-3H3. The van der Waals surface area contributed by atoms with Crippen molar-refractivity contribution in [1.82, 2.24) is 0 Å². The van der Waals surface area contributed by atoms with E-state index in [0.717, 1.165) is 17.8 Å². The van der Waals surface area contributed by atoms with Crippen LogP contribution in [0.15, 0.2) is 24.3 Å². The molecule has 0 amide bonds. The van der Waals surface area contributed by atoms with E-state index in [-0.39, 0.29) is 0 Å². The third-order valence-corrected chi connectivity index (χ3v) is 4.36. The molecule has 0 heteroatoms. The zero-order valence-electron chi connectivity index (χ0n) is 10.9. The van der Waals surface area contributed by atoms with E-state index < -0.39 is 0 Å². The molecule has 0 saturated heterocycles. The lowest BCUT2D eigenvalue weighted by molar-refractivity contribution is 0.253. The van der Waals surface area contributed by atoms with Gasteiger partial charge in [-0.2, -0.15) is 0 Å². The predicted molar refractivity (Wildman–Crippen MR) is 70.7 cm³/mol. The second-order valence-corrected chi connectivity index (χ2v) is 5.68. The molecular formula is C16H24. The van der Waals surface area contributed by atoms with E-state index in [4.69, 9.17) is 0 Å². The summed E-state index contributed by atoms with van der Waals surface area (Å²) < 4.78 is 0. The quantitative estimate of drug-likeness (QED) is 0.658. The van der Waals surface area contributed by atoms with Gasteiger partial charge in [-0.05, 0) is 48.6 Å². The SMILES string of the molecule is Cc1ccccc1C(C)C1CCCC(C)C1. The van der Waals surface area contributed by atoms with Crippen LogP contribution in [0.25, 0.3) is 0 Å². The van der Waals surface area contributed by atoms with Crippen LogP contribution >= 0.6 is 0 Å². The van der Waals surface area contributed by atoms with Crippen molar-refractivity contribution in [3.05, 3.63) is 35.4 Å². The van der Waals surface area contributed by atoms with Crippen LogP contribution in [0.5, 0.6) is 0 Å². The molecule has 0 aromatic heterocycles. The summed E-state index contributed by atoms with van der Waals surface area (Å²) >= 11 is 0. The molecule has 1 aromatic rings. The van der Waals surface area contributed by atoms with Gasteiger partial charge in [0, 0.05) is 0 Å². The molecule has 16 heavy (non-hydrogen) atoms. The largest absolute Gasteiger partial charge is 0.0625 e. The molecule has 2 rings (SSSR count). The average molecular weight is 216 g/mol. The first-order valence-corrected chi connectivity index (χ1v) is 6.74. The third-order valence-electron chi connectivity index (χ3n) is 4.36. The van der Waals surface area contributed by atoms with Crippen LogP contribution in [0, 0.1) is 18.8 Å². The fourth-order valence-electron chi connectivity index (χ4n) is 3.29. The van der Waals surface area contributed by atoms with E-state index in [0.29, 0.717) is 0 Å². The van der Waals surface area contributed by atoms with Crippen molar-refractivity contribution in [2.75, 3.05) is 0 Å². The zero-order valence-corrected chi connectivity index (χ0v) is 10.9. The Morgan fingerprint density at radius 2 is 1.94 bits per heavy atom. The molecule has 0 aliphatic heterocycles. The minimum absolute atomic E-state index is 0.740. The molecule has 1 aliphatic rings. The first-order valence-electron chi connectivity index (χ1n) is 6.74. The summed E-state index contributed by atoms with van der Waals surface area (Å²) in [5, 5.41) is 0. The Kier molecular flexibility index (Phi) is 3.68. The van der Waals surface area contributed by atoms with E-state index in [1.165, 1.54) is 31.2 Å². The maximum Gasteiger partial charge on any atom is -0.0159 e. The molecule has 0 spiro atoms. The molecule has 0 radical (unpaired) electrons. The van der Waals surface area contributed by atoms with Gasteiger partial charge in [-0.1, -0.05) is 51.0 Å². The second-order valence-electron chi connectivity index (χ2n) is 5.68. The summed E-state index contributed by atoms with van der Waals surface area (Å²) in [6, 6.07) is 8.90. The summed E-state index contributed by atoms with van der Waals surface area (Å²) in [6.45, 7) is 7.08. The average Bonchev–Trinajstić information content (AvgIpc) is 2.29. The lowest BCUT2D eigenvalue weighted by Crippen LogP contribution is -2.19. The zero-order chi connectivity index (χ0) is 11.5. The topological polar surface area (TPSA) is 0 Å². The van der Waals surface area contributed by atoms with Gasteiger partial charge in [0.1, 0.15) is 0 Å². The molecule has 0 heterocycles. The van der Waals surface area contributed by atoms with Gasteiger partial charge in [0.2, 0.25) is 0 Å². The molecule has 3 atom stereocenters. The predicted octanol–water partition coefficient (Wildman–Crippen LogP) is 4.92. The number of benzene rings is 1. The third kappa shape index (κ3) is 2.48. The number of hydrogen-bond acceptors (Lipinski definition) is 0. The lowest BCUT2D eigenvalue weighted by Gasteiger charge is -2.32. The lowest BCUT2D eigenvalue weighted by atomic mass is 9.73. The molecule has 0 N–H and O–H groups in total. The second kappa shape index (κ2) is 5.03. The van der Waals surface area contributed by atoms with E-state index in [9.17, 15) is 0 Å². The van der Waals surface area contributed by atoms with E-state index >= 15 is 0 Å². The smallest absolute Gasteiger partial charge is 0.0159 e. The fourth-order valence-corrected chi connectivity index (χ4v) is 3.29. The van der Waals surface area contributed by atoms with Gasteiger partial charge in [0.05, 0.1) is 0 Å². The highest BCUT2D eigenvalue weighted by molar-refractivity contribution is 5.29. The van der Waals surface area contributed by atoms with Crippen LogP contribution < -0.4 is 0 Å². The normalized spacial score (nSPS) is 27.7. The van der Waals surface area contributed by atoms with Gasteiger partial charge in [-0.3, -0.25) is 0 Å². The van der Waals surface area contributed by atoms with Crippen molar-refractivity contribution < 1.29 is 0 Å². The summed E-state index contributed by atoms with van der Waals surface area (Å²) in [5.74, 6) is 2.58. The molecule has 0 nitrogen and oxygen atoms in total. The van der Waals surface area contributed by atoms with Crippen molar-refractivity contribution in [3.8, 4) is 0 Å². The first kappa shape index (κ1) is 11.7. The minimum Gasteiger partial charge on any atom is -0.0625 e. The molecule has 3 unspecified atom stereocenters. The van der Waals surface area contributed by atoms with Gasteiger partial charge < -0.3 is 0 Å². The Hall–Kier alpha value is -0.780. The van der Waals surface area contributed by atoms with E-state index in [1.54, 1.807) is 5.56 Å². The first-order chi connectivity index (χ1) is 7.68. The highest BCUT2D eigenvalue weighted by Gasteiger charge is 2.25. The highest BCUT2D eigenvalue weighted by atomic mass is 14.3. The van der Waals surface area contributed by atoms with Crippen molar-refractivity contribution in [2.45, 2.75) is 52.4 Å². The highest BCUT2D eigenvalue weighted by Crippen LogP contribution is 2.38. The van der Waals surface area contributed by atoms with Crippen LogP contribution in [-0.2, 0) is 0 Å². The van der Waals surface area contributed by atoms with Crippen molar-refractivity contribution >= 4 is 0 Å². The minimum atomic E-state index is 0.740. The Morgan fingerprint density at radius 1 is 1.19 bits per heavy atom. The number of hydrogen-bond donors (Lipinski definition) is 0. The Morgan fingerprint density at radius 3 is 2.62 bits per heavy atom. The molecule has 1 aliphatic carbocycles. The van der Waals surface area contributed by atoms with Crippen LogP contribution in [0.2, 0.25) is 0 Å². The summed E-state index contributed by atoms with van der Waals surface area (Å²) in [5.41, 5.74) is 3.04. The van der Waals surface area contributed by atoms with Gasteiger partial charge in [0.15, 0.2) is 0 Å². The maximum absolute atomic E-state index is 2.42. The molecular weight excluding hydrogens is 192 g/mol. The van der Waals surface area contributed by atoms with Crippen molar-refractivity contribution in [1.29, 1.82) is 0 Å². The summed E-state index contributed by atoms with van der Waals surface area (Å²) in [6.07, 6.45) is 5.73. The monoisotopic (exact) mass is 216 g/mol.